The molecule has 0 amide bonds. The summed E-state index contributed by atoms with van der Waals surface area (Å²) in [7, 11) is -1.82. The summed E-state index contributed by atoms with van der Waals surface area (Å²) in [4.78, 5) is 0.268. The summed E-state index contributed by atoms with van der Waals surface area (Å²) in [6.07, 6.45) is 1.81. The predicted molar refractivity (Wildman–Crippen MR) is 63.1 cm³/mol. The number of ether oxygens (including phenoxy) is 1. The minimum atomic E-state index is -3.36. The van der Waals surface area contributed by atoms with Gasteiger partial charge in [-0.1, -0.05) is 13.3 Å². The molecule has 0 radical (unpaired) electrons. The fourth-order valence-corrected chi connectivity index (χ4v) is 2.30. The average molecular weight is 243 g/mol. The van der Waals surface area contributed by atoms with Gasteiger partial charge in [0.15, 0.2) is 0 Å². The van der Waals surface area contributed by atoms with Crippen LogP contribution < -0.4 is 9.46 Å². The van der Waals surface area contributed by atoms with Crippen LogP contribution in [0, 0.1) is 0 Å². The summed E-state index contributed by atoms with van der Waals surface area (Å²) in [6.45, 7) is 2.49. The highest BCUT2D eigenvalue weighted by molar-refractivity contribution is 7.89. The lowest BCUT2D eigenvalue weighted by Crippen LogP contribution is -2.24. The van der Waals surface area contributed by atoms with Crippen LogP contribution in [0.15, 0.2) is 29.2 Å². The SMILES string of the molecule is CCCCNS(=O)(=O)c1ccc(OC)cc1. The van der Waals surface area contributed by atoms with E-state index in [2.05, 4.69) is 4.72 Å². The molecular formula is C11H17NO3S. The van der Waals surface area contributed by atoms with Crippen LogP contribution in [0.2, 0.25) is 0 Å². The third kappa shape index (κ3) is 3.50. The highest BCUT2D eigenvalue weighted by Crippen LogP contribution is 2.15. The number of hydrogen-bond donors (Lipinski definition) is 1. The van der Waals surface area contributed by atoms with E-state index >= 15 is 0 Å². The van der Waals surface area contributed by atoms with Crippen LogP contribution in [-0.2, 0) is 10.0 Å². The summed E-state index contributed by atoms with van der Waals surface area (Å²) in [5.41, 5.74) is 0. The number of benzene rings is 1. The normalized spacial score (nSPS) is 11.4. The number of rotatable bonds is 6. The quantitative estimate of drug-likeness (QED) is 0.775. The van der Waals surface area contributed by atoms with Gasteiger partial charge in [-0.3, -0.25) is 0 Å². The summed E-state index contributed by atoms with van der Waals surface area (Å²) < 4.78 is 31.0. The van der Waals surface area contributed by atoms with Gasteiger partial charge in [-0.15, -0.1) is 0 Å². The van der Waals surface area contributed by atoms with Crippen LogP contribution in [0.5, 0.6) is 5.75 Å². The fraction of sp³-hybridized carbons (Fsp3) is 0.455. The van der Waals surface area contributed by atoms with Crippen molar-refractivity contribution in [1.82, 2.24) is 4.72 Å². The Morgan fingerprint density at radius 2 is 1.88 bits per heavy atom. The van der Waals surface area contributed by atoms with Crippen molar-refractivity contribution in [2.75, 3.05) is 13.7 Å². The molecule has 1 N–H and O–H groups in total. The van der Waals surface area contributed by atoms with Crippen LogP contribution in [0.1, 0.15) is 19.8 Å². The maximum absolute atomic E-state index is 11.8. The monoisotopic (exact) mass is 243 g/mol. The first-order valence-corrected chi connectivity index (χ1v) is 6.72. The summed E-state index contributed by atoms with van der Waals surface area (Å²) >= 11 is 0. The molecule has 5 heteroatoms. The first-order valence-electron chi connectivity index (χ1n) is 5.24. The van der Waals surface area contributed by atoms with E-state index in [0.717, 1.165) is 12.8 Å². The summed E-state index contributed by atoms with van der Waals surface area (Å²) in [5.74, 6) is 0.646. The van der Waals surface area contributed by atoms with Crippen molar-refractivity contribution in [2.45, 2.75) is 24.7 Å². The van der Waals surface area contributed by atoms with Crippen molar-refractivity contribution in [3.63, 3.8) is 0 Å². The van der Waals surface area contributed by atoms with Gasteiger partial charge in [-0.05, 0) is 30.7 Å². The average Bonchev–Trinajstić information content (AvgIpc) is 2.29. The summed E-state index contributed by atoms with van der Waals surface area (Å²) in [5, 5.41) is 0. The number of nitrogens with one attached hydrogen (secondary N) is 1. The van der Waals surface area contributed by atoms with Gasteiger partial charge in [0.2, 0.25) is 10.0 Å². The van der Waals surface area contributed by atoms with Gasteiger partial charge >= 0.3 is 0 Å². The molecule has 0 fully saturated rings. The zero-order valence-corrected chi connectivity index (χ0v) is 10.4. The molecule has 0 bridgehead atoms. The lowest BCUT2D eigenvalue weighted by atomic mass is 10.3. The fourth-order valence-electron chi connectivity index (χ4n) is 1.22. The third-order valence-corrected chi connectivity index (χ3v) is 3.67. The molecule has 1 rings (SSSR count). The second-order valence-electron chi connectivity index (χ2n) is 3.43. The molecule has 0 saturated carbocycles. The third-order valence-electron chi connectivity index (χ3n) is 2.19. The van der Waals surface area contributed by atoms with Crippen molar-refractivity contribution in [1.29, 1.82) is 0 Å². The molecule has 1 aromatic carbocycles. The van der Waals surface area contributed by atoms with Crippen molar-refractivity contribution < 1.29 is 13.2 Å². The lowest BCUT2D eigenvalue weighted by Gasteiger charge is -2.06. The molecule has 0 atom stereocenters. The van der Waals surface area contributed by atoms with Crippen LogP contribution in [-0.4, -0.2) is 22.1 Å². The van der Waals surface area contributed by atoms with Gasteiger partial charge in [0.25, 0.3) is 0 Å². The molecule has 0 aliphatic carbocycles. The van der Waals surface area contributed by atoms with Gasteiger partial charge < -0.3 is 4.74 Å². The van der Waals surface area contributed by atoms with Crippen molar-refractivity contribution in [3.05, 3.63) is 24.3 Å². The molecule has 0 spiro atoms. The number of sulfonamides is 1. The predicted octanol–water partition coefficient (Wildman–Crippen LogP) is 1.77. The Kier molecular flexibility index (Phi) is 4.76. The van der Waals surface area contributed by atoms with E-state index in [1.54, 1.807) is 19.2 Å². The van der Waals surface area contributed by atoms with Crippen LogP contribution >= 0.6 is 0 Å². The number of methoxy groups -OCH3 is 1. The molecule has 1 aromatic rings. The number of hydrogen-bond acceptors (Lipinski definition) is 3. The zero-order chi connectivity index (χ0) is 12.0. The Labute approximate surface area is 96.7 Å². The van der Waals surface area contributed by atoms with Gasteiger partial charge in [0, 0.05) is 6.54 Å². The molecule has 4 nitrogen and oxygen atoms in total. The van der Waals surface area contributed by atoms with Gasteiger partial charge in [0.1, 0.15) is 5.75 Å². The number of unbranched alkanes of at least 4 members (excludes halogenated alkanes) is 1. The minimum Gasteiger partial charge on any atom is -0.497 e. The highest BCUT2D eigenvalue weighted by Gasteiger charge is 2.12. The van der Waals surface area contributed by atoms with E-state index < -0.39 is 10.0 Å². The molecule has 0 saturated heterocycles. The van der Waals surface area contributed by atoms with E-state index in [4.69, 9.17) is 4.74 Å². The molecule has 0 aliphatic heterocycles. The zero-order valence-electron chi connectivity index (χ0n) is 9.56. The van der Waals surface area contributed by atoms with Crippen molar-refractivity contribution in [3.8, 4) is 5.75 Å². The largest absolute Gasteiger partial charge is 0.497 e. The topological polar surface area (TPSA) is 55.4 Å². The van der Waals surface area contributed by atoms with E-state index in [-0.39, 0.29) is 4.90 Å². The second-order valence-corrected chi connectivity index (χ2v) is 5.19. The first kappa shape index (κ1) is 13.0. The second kappa shape index (κ2) is 5.86. The van der Waals surface area contributed by atoms with E-state index in [1.807, 2.05) is 6.92 Å². The molecule has 90 valence electrons. The van der Waals surface area contributed by atoms with Crippen LogP contribution in [0.4, 0.5) is 0 Å². The van der Waals surface area contributed by atoms with E-state index in [1.165, 1.54) is 12.1 Å². The Morgan fingerprint density at radius 3 is 2.38 bits per heavy atom. The maximum Gasteiger partial charge on any atom is 0.240 e. The minimum absolute atomic E-state index is 0.268. The van der Waals surface area contributed by atoms with Crippen LogP contribution in [0.3, 0.4) is 0 Å². The van der Waals surface area contributed by atoms with Crippen molar-refractivity contribution in [2.24, 2.45) is 0 Å². The molecule has 16 heavy (non-hydrogen) atoms. The first-order chi connectivity index (χ1) is 7.60. The smallest absolute Gasteiger partial charge is 0.240 e. The molecular weight excluding hydrogens is 226 g/mol. The lowest BCUT2D eigenvalue weighted by molar-refractivity contribution is 0.414. The van der Waals surface area contributed by atoms with Gasteiger partial charge in [0.05, 0.1) is 12.0 Å². The molecule has 0 unspecified atom stereocenters. The molecule has 0 aliphatic rings. The maximum atomic E-state index is 11.8. The Morgan fingerprint density at radius 1 is 1.25 bits per heavy atom. The Hall–Kier alpha value is -1.07. The van der Waals surface area contributed by atoms with Gasteiger partial charge in [-0.25, -0.2) is 13.1 Å². The molecule has 0 aromatic heterocycles. The van der Waals surface area contributed by atoms with E-state index in [0.29, 0.717) is 12.3 Å². The van der Waals surface area contributed by atoms with Gasteiger partial charge in [-0.2, -0.15) is 0 Å². The Balaban J connectivity index is 2.74. The summed E-state index contributed by atoms with van der Waals surface area (Å²) in [6, 6.07) is 6.34. The van der Waals surface area contributed by atoms with Crippen LogP contribution in [0.25, 0.3) is 0 Å². The molecule has 0 heterocycles. The Bertz CT molecular complexity index is 411. The standard InChI is InChI=1S/C11H17NO3S/c1-3-4-9-12-16(13,14)11-7-5-10(15-2)6-8-11/h5-8,12H,3-4,9H2,1-2H3. The highest BCUT2D eigenvalue weighted by atomic mass is 32.2. The van der Waals surface area contributed by atoms with Crippen molar-refractivity contribution >= 4 is 10.0 Å². The van der Waals surface area contributed by atoms with E-state index in [9.17, 15) is 8.42 Å².